The van der Waals surface area contributed by atoms with Crippen LogP contribution >= 0.6 is 0 Å². The number of fused-ring (bicyclic) bond motifs is 1. The highest BCUT2D eigenvalue weighted by Crippen LogP contribution is 2.19. The number of nitrogens with one attached hydrogen (secondary N) is 2. The fraction of sp³-hybridized carbons (Fsp3) is 0.357. The summed E-state index contributed by atoms with van der Waals surface area (Å²) >= 11 is 0. The molecule has 1 atom stereocenters. The van der Waals surface area contributed by atoms with Crippen molar-refractivity contribution in [2.45, 2.75) is 13.0 Å². The van der Waals surface area contributed by atoms with Gasteiger partial charge in [-0.25, -0.2) is 9.50 Å². The molecule has 1 aliphatic heterocycles. The Bertz CT molecular complexity index is 850. The van der Waals surface area contributed by atoms with Gasteiger partial charge in [-0.15, -0.1) is 0 Å². The van der Waals surface area contributed by atoms with Crippen LogP contribution in [0.15, 0.2) is 29.3 Å². The van der Waals surface area contributed by atoms with Crippen molar-refractivity contribution in [1.29, 1.82) is 0 Å². The van der Waals surface area contributed by atoms with Gasteiger partial charge in [-0.05, 0) is 13.0 Å². The van der Waals surface area contributed by atoms with Crippen molar-refractivity contribution >= 4 is 11.3 Å². The fourth-order valence-electron chi connectivity index (χ4n) is 2.79. The lowest BCUT2D eigenvalue weighted by Gasteiger charge is -2.34. The number of hydrogen-bond donors (Lipinski definition) is 2. The minimum absolute atomic E-state index is 0.0642. The molecule has 1 unspecified atom stereocenters. The Morgan fingerprint density at radius 1 is 1.45 bits per heavy atom. The second kappa shape index (κ2) is 4.99. The molecule has 1 aliphatic rings. The minimum Gasteiger partial charge on any atom is -0.377 e. The lowest BCUT2D eigenvalue weighted by molar-refractivity contribution is 0.0984. The summed E-state index contributed by atoms with van der Waals surface area (Å²) in [5.41, 5.74) is 1.20. The van der Waals surface area contributed by atoms with Crippen molar-refractivity contribution in [2.24, 2.45) is 0 Å². The van der Waals surface area contributed by atoms with Gasteiger partial charge in [0, 0.05) is 18.8 Å². The van der Waals surface area contributed by atoms with E-state index < -0.39 is 0 Å². The lowest BCUT2D eigenvalue weighted by Crippen LogP contribution is -2.44. The Morgan fingerprint density at radius 2 is 2.36 bits per heavy atom. The Balaban J connectivity index is 1.87. The normalized spacial score (nSPS) is 19.0. The van der Waals surface area contributed by atoms with E-state index >= 15 is 0 Å². The zero-order valence-corrected chi connectivity index (χ0v) is 12.1. The second-order valence-electron chi connectivity index (χ2n) is 5.40. The molecule has 3 aromatic rings. The van der Waals surface area contributed by atoms with Gasteiger partial charge in [0.1, 0.15) is 17.0 Å². The number of morpholine rings is 1. The number of imidazole rings is 1. The van der Waals surface area contributed by atoms with Crippen LogP contribution < -0.4 is 10.3 Å². The molecule has 0 bridgehead atoms. The van der Waals surface area contributed by atoms with Crippen molar-refractivity contribution in [3.8, 4) is 11.5 Å². The number of hydrogen-bond acceptors (Lipinski definition) is 5. The first kappa shape index (κ1) is 13.1. The molecule has 0 saturated carbocycles. The molecule has 22 heavy (non-hydrogen) atoms. The van der Waals surface area contributed by atoms with Gasteiger partial charge in [-0.3, -0.25) is 15.0 Å². The van der Waals surface area contributed by atoms with E-state index in [1.165, 1.54) is 0 Å². The van der Waals surface area contributed by atoms with E-state index in [1.54, 1.807) is 23.0 Å². The largest absolute Gasteiger partial charge is 0.377 e. The van der Waals surface area contributed by atoms with Crippen LogP contribution in [0.4, 0.5) is 5.82 Å². The van der Waals surface area contributed by atoms with E-state index in [9.17, 15) is 4.79 Å². The molecule has 4 heterocycles. The monoisotopic (exact) mass is 300 g/mol. The molecule has 0 radical (unpaired) electrons. The van der Waals surface area contributed by atoms with E-state index in [0.29, 0.717) is 24.6 Å². The van der Waals surface area contributed by atoms with Gasteiger partial charge in [0.2, 0.25) is 5.43 Å². The summed E-state index contributed by atoms with van der Waals surface area (Å²) in [4.78, 5) is 18.8. The minimum atomic E-state index is -0.0642. The predicted molar refractivity (Wildman–Crippen MR) is 81.0 cm³/mol. The summed E-state index contributed by atoms with van der Waals surface area (Å²) in [5, 5.41) is 10.1. The number of ether oxygens (including phenoxy) is 1. The zero-order chi connectivity index (χ0) is 15.1. The average Bonchev–Trinajstić information content (AvgIpc) is 3.16. The Labute approximate surface area is 125 Å². The number of nitrogens with zero attached hydrogens (tertiary/aromatic N) is 4. The molecule has 0 aromatic carbocycles. The van der Waals surface area contributed by atoms with Gasteiger partial charge in [-0.1, -0.05) is 0 Å². The summed E-state index contributed by atoms with van der Waals surface area (Å²) in [6, 6.07) is 3.65. The zero-order valence-electron chi connectivity index (χ0n) is 12.1. The topological polar surface area (TPSA) is 91.3 Å². The first-order valence-corrected chi connectivity index (χ1v) is 7.19. The average molecular weight is 300 g/mol. The maximum absolute atomic E-state index is 12.4. The summed E-state index contributed by atoms with van der Waals surface area (Å²) < 4.78 is 7.15. The summed E-state index contributed by atoms with van der Waals surface area (Å²) in [5.74, 6) is 1.40. The highest BCUT2D eigenvalue weighted by molar-refractivity contribution is 5.59. The van der Waals surface area contributed by atoms with Crippen LogP contribution in [-0.2, 0) is 4.74 Å². The van der Waals surface area contributed by atoms with Crippen molar-refractivity contribution in [3.63, 3.8) is 0 Å². The molecule has 2 N–H and O–H groups in total. The lowest BCUT2D eigenvalue weighted by atomic mass is 10.2. The van der Waals surface area contributed by atoms with E-state index in [2.05, 4.69) is 32.1 Å². The van der Waals surface area contributed by atoms with Gasteiger partial charge < -0.3 is 9.64 Å². The van der Waals surface area contributed by atoms with Crippen molar-refractivity contribution < 1.29 is 4.74 Å². The number of H-pyrrole nitrogens is 2. The van der Waals surface area contributed by atoms with Crippen molar-refractivity contribution in [2.75, 3.05) is 24.7 Å². The van der Waals surface area contributed by atoms with Crippen LogP contribution in [0.2, 0.25) is 0 Å². The third-order valence-electron chi connectivity index (χ3n) is 3.93. The molecule has 8 heteroatoms. The number of anilines is 1. The molecular weight excluding hydrogens is 284 g/mol. The van der Waals surface area contributed by atoms with Crippen LogP contribution in [0, 0.1) is 0 Å². The number of aromatic nitrogens is 5. The summed E-state index contributed by atoms with van der Waals surface area (Å²) in [7, 11) is 0. The second-order valence-corrected chi connectivity index (χ2v) is 5.40. The van der Waals surface area contributed by atoms with Crippen LogP contribution in [0.25, 0.3) is 17.0 Å². The van der Waals surface area contributed by atoms with E-state index in [1.807, 2.05) is 6.07 Å². The SMILES string of the molecule is CC1COCCN1c1cc(=O)c2cnc(-c3ccn[nH]3)n2[nH]1. The van der Waals surface area contributed by atoms with Gasteiger partial charge >= 0.3 is 0 Å². The third-order valence-corrected chi connectivity index (χ3v) is 3.93. The quantitative estimate of drug-likeness (QED) is 0.724. The predicted octanol–water partition coefficient (Wildman–Crippen LogP) is 0.638. The molecule has 0 spiro atoms. The van der Waals surface area contributed by atoms with Crippen LogP contribution in [0.3, 0.4) is 0 Å². The molecule has 0 aliphatic carbocycles. The standard InChI is InChI=1S/C14H16N6O2/c1-9-8-22-5-4-19(9)13-6-12(21)11-7-15-14(20(11)18-13)10-2-3-16-17-10/h2-3,6-7,9,18H,4-5,8H2,1H3,(H,16,17). The number of rotatable bonds is 2. The fourth-order valence-corrected chi connectivity index (χ4v) is 2.79. The molecule has 8 nitrogen and oxygen atoms in total. The molecule has 0 amide bonds. The van der Waals surface area contributed by atoms with Crippen LogP contribution in [-0.4, -0.2) is 50.6 Å². The summed E-state index contributed by atoms with van der Waals surface area (Å²) in [6.07, 6.45) is 3.23. The smallest absolute Gasteiger partial charge is 0.209 e. The molecule has 4 rings (SSSR count). The molecule has 1 fully saturated rings. The van der Waals surface area contributed by atoms with Gasteiger partial charge in [-0.2, -0.15) is 5.10 Å². The third kappa shape index (κ3) is 2.00. The van der Waals surface area contributed by atoms with Crippen molar-refractivity contribution in [3.05, 3.63) is 34.7 Å². The molecule has 3 aromatic heterocycles. The first-order chi connectivity index (χ1) is 10.7. The molecule has 1 saturated heterocycles. The maximum atomic E-state index is 12.4. The first-order valence-electron chi connectivity index (χ1n) is 7.19. The number of aromatic amines is 2. The Kier molecular flexibility index (Phi) is 2.97. The molecule has 114 valence electrons. The van der Waals surface area contributed by atoms with E-state index in [-0.39, 0.29) is 11.5 Å². The van der Waals surface area contributed by atoms with Gasteiger partial charge in [0.15, 0.2) is 5.82 Å². The van der Waals surface area contributed by atoms with Crippen molar-refractivity contribution in [1.82, 2.24) is 24.8 Å². The Morgan fingerprint density at radius 3 is 3.14 bits per heavy atom. The highest BCUT2D eigenvalue weighted by Gasteiger charge is 2.21. The Hall–Kier alpha value is -2.61. The highest BCUT2D eigenvalue weighted by atomic mass is 16.5. The van der Waals surface area contributed by atoms with Gasteiger partial charge in [0.25, 0.3) is 0 Å². The maximum Gasteiger partial charge on any atom is 0.209 e. The molecular formula is C14H16N6O2. The van der Waals surface area contributed by atoms with Crippen LogP contribution in [0.5, 0.6) is 0 Å². The van der Waals surface area contributed by atoms with E-state index in [0.717, 1.165) is 18.1 Å². The summed E-state index contributed by atoms with van der Waals surface area (Å²) in [6.45, 7) is 4.13. The van der Waals surface area contributed by atoms with Gasteiger partial charge in [0.05, 0.1) is 25.5 Å². The van der Waals surface area contributed by atoms with Crippen LogP contribution in [0.1, 0.15) is 6.92 Å². The van der Waals surface area contributed by atoms with E-state index in [4.69, 9.17) is 4.74 Å².